The van der Waals surface area contributed by atoms with Crippen molar-refractivity contribution in [3.8, 4) is 11.1 Å². The first-order chi connectivity index (χ1) is 16.0. The van der Waals surface area contributed by atoms with Gasteiger partial charge in [-0.15, -0.1) is 0 Å². The van der Waals surface area contributed by atoms with Gasteiger partial charge in [0.25, 0.3) is 0 Å². The molecule has 0 radical (unpaired) electrons. The number of hydrogen-bond donors (Lipinski definition) is 0. The summed E-state index contributed by atoms with van der Waals surface area (Å²) in [4.78, 5) is 4.79. The monoisotopic (exact) mass is 428 g/mol. The fourth-order valence-electron chi connectivity index (χ4n) is 6.66. The second-order valence-electron chi connectivity index (χ2n) is 9.97. The number of anilines is 4. The third-order valence-electron chi connectivity index (χ3n) is 8.33. The molecule has 0 bridgehead atoms. The highest BCUT2D eigenvalue weighted by molar-refractivity contribution is 5.91. The maximum Gasteiger partial charge on any atom is 0.0450 e. The van der Waals surface area contributed by atoms with Crippen LogP contribution < -0.4 is 9.80 Å². The van der Waals surface area contributed by atoms with Crippen LogP contribution in [0.3, 0.4) is 0 Å². The molecule has 4 aromatic carbocycles. The molecule has 0 unspecified atom stereocenters. The van der Waals surface area contributed by atoms with Gasteiger partial charge in [-0.1, -0.05) is 36.4 Å². The van der Waals surface area contributed by atoms with Gasteiger partial charge in [-0.2, -0.15) is 0 Å². The van der Waals surface area contributed by atoms with Crippen LogP contribution in [0.5, 0.6) is 0 Å². The molecule has 33 heavy (non-hydrogen) atoms. The van der Waals surface area contributed by atoms with E-state index in [4.69, 9.17) is 0 Å². The van der Waals surface area contributed by atoms with E-state index >= 15 is 0 Å². The van der Waals surface area contributed by atoms with Crippen LogP contribution in [-0.4, -0.2) is 14.1 Å². The van der Waals surface area contributed by atoms with E-state index in [2.05, 4.69) is 98.4 Å². The lowest BCUT2D eigenvalue weighted by Crippen LogP contribution is -2.20. The van der Waals surface area contributed by atoms with E-state index in [1.165, 1.54) is 78.4 Å². The van der Waals surface area contributed by atoms with Gasteiger partial charge < -0.3 is 9.80 Å². The number of para-hydroxylation sites is 2. The third-order valence-corrected chi connectivity index (χ3v) is 8.33. The van der Waals surface area contributed by atoms with Crippen LogP contribution in [0, 0.1) is 13.8 Å². The van der Waals surface area contributed by atoms with E-state index in [9.17, 15) is 0 Å². The molecule has 3 aliphatic rings. The van der Waals surface area contributed by atoms with Crippen LogP contribution in [0.4, 0.5) is 22.7 Å². The number of nitrogens with zero attached hydrogens (tertiary/aromatic N) is 2. The fraction of sp³-hybridized carbons (Fsp3) is 0.226. The Morgan fingerprint density at radius 2 is 0.939 bits per heavy atom. The number of rotatable bonds is 0. The van der Waals surface area contributed by atoms with Crippen molar-refractivity contribution in [1.82, 2.24) is 0 Å². The minimum atomic E-state index is 1.02. The lowest BCUT2D eigenvalue weighted by molar-refractivity contribution is 1.03. The molecule has 0 N–H and O–H groups in total. The maximum atomic E-state index is 2.48. The Hall–Kier alpha value is -3.52. The average Bonchev–Trinajstić information content (AvgIpc) is 3.20. The topological polar surface area (TPSA) is 6.48 Å². The van der Waals surface area contributed by atoms with Crippen molar-refractivity contribution in [3.05, 3.63) is 105 Å². The first-order valence-electron chi connectivity index (χ1n) is 12.0. The SMILES string of the molecule is Cc1c2c(cc3c1-c1c(cc4c(c1C)Cc1ccccc1N4C)C3)N(C)c1ccccc1C2. The zero-order valence-electron chi connectivity index (χ0n) is 19.8. The Balaban J connectivity index is 1.43. The molecule has 2 heterocycles. The molecule has 4 aromatic rings. The summed E-state index contributed by atoms with van der Waals surface area (Å²) in [5.41, 5.74) is 20.2. The van der Waals surface area contributed by atoms with Gasteiger partial charge in [0.15, 0.2) is 0 Å². The molecule has 162 valence electrons. The Bertz CT molecular complexity index is 1380. The lowest BCUT2D eigenvalue weighted by Gasteiger charge is -2.33. The summed E-state index contributed by atoms with van der Waals surface area (Å²) >= 11 is 0. The zero-order chi connectivity index (χ0) is 22.4. The predicted molar refractivity (Wildman–Crippen MR) is 139 cm³/mol. The second kappa shape index (κ2) is 6.51. The number of hydrogen-bond acceptors (Lipinski definition) is 2. The molecule has 2 heteroatoms. The highest BCUT2D eigenvalue weighted by Gasteiger charge is 2.32. The van der Waals surface area contributed by atoms with Gasteiger partial charge in [0.2, 0.25) is 0 Å². The lowest BCUT2D eigenvalue weighted by atomic mass is 9.84. The molecule has 2 nitrogen and oxygen atoms in total. The molecule has 2 aliphatic heterocycles. The van der Waals surface area contributed by atoms with Crippen molar-refractivity contribution in [2.45, 2.75) is 33.1 Å². The van der Waals surface area contributed by atoms with Gasteiger partial charge in [0, 0.05) is 49.7 Å². The molecule has 0 aromatic heterocycles. The van der Waals surface area contributed by atoms with Gasteiger partial charge in [0.1, 0.15) is 0 Å². The maximum absolute atomic E-state index is 2.48. The first kappa shape index (κ1) is 19.0. The van der Waals surface area contributed by atoms with Crippen LogP contribution in [-0.2, 0) is 19.3 Å². The van der Waals surface area contributed by atoms with Crippen molar-refractivity contribution in [2.24, 2.45) is 0 Å². The predicted octanol–water partition coefficient (Wildman–Crippen LogP) is 7.22. The van der Waals surface area contributed by atoms with Crippen LogP contribution in [0.15, 0.2) is 60.7 Å². The van der Waals surface area contributed by atoms with Gasteiger partial charge in [-0.25, -0.2) is 0 Å². The normalized spacial score (nSPS) is 14.8. The smallest absolute Gasteiger partial charge is 0.0450 e. The molecule has 0 saturated carbocycles. The molecule has 0 fully saturated rings. The highest BCUT2D eigenvalue weighted by Crippen LogP contribution is 2.51. The van der Waals surface area contributed by atoms with E-state index in [0.717, 1.165) is 19.3 Å². The summed E-state index contributed by atoms with van der Waals surface area (Å²) in [5, 5.41) is 0. The summed E-state index contributed by atoms with van der Waals surface area (Å²) in [6.07, 6.45) is 3.06. The Morgan fingerprint density at radius 1 is 0.515 bits per heavy atom. The van der Waals surface area contributed by atoms with Crippen LogP contribution in [0.1, 0.15) is 44.5 Å². The van der Waals surface area contributed by atoms with Gasteiger partial charge in [0.05, 0.1) is 0 Å². The summed E-state index contributed by atoms with van der Waals surface area (Å²) in [6.45, 7) is 4.71. The van der Waals surface area contributed by atoms with Crippen molar-refractivity contribution in [2.75, 3.05) is 23.9 Å². The van der Waals surface area contributed by atoms with Gasteiger partial charge in [-0.05, 0) is 100 Å². The summed E-state index contributed by atoms with van der Waals surface area (Å²) in [7, 11) is 4.45. The number of benzene rings is 4. The molecule has 0 amide bonds. The second-order valence-corrected chi connectivity index (χ2v) is 9.97. The van der Waals surface area contributed by atoms with Crippen molar-refractivity contribution in [3.63, 3.8) is 0 Å². The average molecular weight is 429 g/mol. The molecular formula is C31H28N2. The quantitative estimate of drug-likeness (QED) is 0.257. The Morgan fingerprint density at radius 3 is 1.39 bits per heavy atom. The Kier molecular flexibility index (Phi) is 3.75. The summed E-state index contributed by atoms with van der Waals surface area (Å²) in [6, 6.07) is 22.7. The zero-order valence-corrected chi connectivity index (χ0v) is 19.8. The van der Waals surface area contributed by atoms with Crippen LogP contribution in [0.2, 0.25) is 0 Å². The van der Waals surface area contributed by atoms with Crippen LogP contribution >= 0.6 is 0 Å². The fourth-order valence-corrected chi connectivity index (χ4v) is 6.66. The van der Waals surface area contributed by atoms with Crippen LogP contribution in [0.25, 0.3) is 11.1 Å². The molecule has 0 spiro atoms. The Labute approximate surface area is 196 Å². The standard InChI is InChI=1S/C31H28N2/c1-18-24-14-20-9-5-7-11-26(20)32(3)28(24)16-22-13-23-17-29-25(19(2)31(23)30(18)22)15-21-10-6-8-12-27(21)33(29)4/h5-12,16-17H,13-15H2,1-4H3. The minimum Gasteiger partial charge on any atom is -0.344 e. The van der Waals surface area contributed by atoms with E-state index in [1.807, 2.05) is 0 Å². The first-order valence-corrected chi connectivity index (χ1v) is 12.0. The number of fused-ring (bicyclic) bond motifs is 7. The largest absolute Gasteiger partial charge is 0.344 e. The van der Waals surface area contributed by atoms with Gasteiger partial charge >= 0.3 is 0 Å². The van der Waals surface area contributed by atoms with E-state index in [1.54, 1.807) is 0 Å². The van der Waals surface area contributed by atoms with Crippen molar-refractivity contribution in [1.29, 1.82) is 0 Å². The van der Waals surface area contributed by atoms with E-state index in [0.29, 0.717) is 0 Å². The van der Waals surface area contributed by atoms with E-state index < -0.39 is 0 Å². The minimum absolute atomic E-state index is 1.02. The molecule has 7 rings (SSSR count). The molecule has 1 aliphatic carbocycles. The molecular weight excluding hydrogens is 400 g/mol. The molecule has 0 saturated heterocycles. The van der Waals surface area contributed by atoms with Crippen molar-refractivity contribution < 1.29 is 0 Å². The van der Waals surface area contributed by atoms with Crippen molar-refractivity contribution >= 4 is 22.7 Å². The molecule has 0 atom stereocenters. The third kappa shape index (κ3) is 2.44. The van der Waals surface area contributed by atoms with E-state index in [-0.39, 0.29) is 0 Å². The summed E-state index contributed by atoms with van der Waals surface area (Å²) in [5.74, 6) is 0. The summed E-state index contributed by atoms with van der Waals surface area (Å²) < 4.78 is 0. The highest BCUT2D eigenvalue weighted by atomic mass is 15.1. The van der Waals surface area contributed by atoms with Gasteiger partial charge in [-0.3, -0.25) is 0 Å².